The summed E-state index contributed by atoms with van der Waals surface area (Å²) in [6.07, 6.45) is 3.56. The predicted molar refractivity (Wildman–Crippen MR) is 149 cm³/mol. The Morgan fingerprint density at radius 3 is 2.38 bits per heavy atom. The number of anilines is 1. The number of methoxy groups -OCH3 is 1. The maximum absolute atomic E-state index is 14.3. The first-order valence-corrected chi connectivity index (χ1v) is 13.4. The van der Waals surface area contributed by atoms with Crippen molar-refractivity contribution in [2.24, 2.45) is 11.8 Å². The molecule has 3 amide bonds. The van der Waals surface area contributed by atoms with Crippen LogP contribution in [0, 0.1) is 11.8 Å². The lowest BCUT2D eigenvalue weighted by atomic mass is 9.70. The van der Waals surface area contributed by atoms with Crippen molar-refractivity contribution >= 4 is 29.2 Å². The van der Waals surface area contributed by atoms with E-state index in [9.17, 15) is 19.2 Å². The number of rotatable bonds is 7. The molecule has 2 N–H and O–H groups in total. The zero-order valence-electron chi connectivity index (χ0n) is 23.6. The number of carbonyl (C=O) groups excluding carboxylic acids is 4. The SMILES string of the molecule is COc1ccc(CNC(=O)C2C3C(=O)N(c4cccc(C(C)=O)c4)C(C(=O)NC(C)(C)C)C34C=CC2(C)O4)cc1. The highest BCUT2D eigenvalue weighted by Crippen LogP contribution is 2.60. The Morgan fingerprint density at radius 1 is 1.05 bits per heavy atom. The van der Waals surface area contributed by atoms with Gasteiger partial charge in [0.2, 0.25) is 17.7 Å². The first kappa shape index (κ1) is 27.6. The van der Waals surface area contributed by atoms with Gasteiger partial charge in [0.05, 0.1) is 24.5 Å². The number of benzene rings is 2. The number of Topliss-reactive ketones (excluding diaryl/α,β-unsaturated/α-hetero) is 1. The van der Waals surface area contributed by atoms with E-state index in [1.807, 2.05) is 45.0 Å². The predicted octanol–water partition coefficient (Wildman–Crippen LogP) is 3.17. The highest BCUT2D eigenvalue weighted by Gasteiger charge is 2.76. The normalized spacial score (nSPS) is 28.4. The van der Waals surface area contributed by atoms with Crippen molar-refractivity contribution in [2.45, 2.75) is 63.9 Å². The molecule has 0 radical (unpaired) electrons. The second kappa shape index (κ2) is 9.59. The quantitative estimate of drug-likeness (QED) is 0.408. The summed E-state index contributed by atoms with van der Waals surface area (Å²) in [7, 11) is 1.59. The molecular formula is C31H35N3O6. The summed E-state index contributed by atoms with van der Waals surface area (Å²) in [5.41, 5.74) is -1.32. The summed E-state index contributed by atoms with van der Waals surface area (Å²) in [6.45, 7) is 9.05. The summed E-state index contributed by atoms with van der Waals surface area (Å²) in [6, 6.07) is 12.9. The molecule has 0 aliphatic carbocycles. The monoisotopic (exact) mass is 545 g/mol. The van der Waals surface area contributed by atoms with Crippen LogP contribution in [0.25, 0.3) is 0 Å². The van der Waals surface area contributed by atoms with Crippen LogP contribution in [-0.4, -0.2) is 53.4 Å². The Balaban J connectivity index is 1.52. The fraction of sp³-hybridized carbons (Fsp3) is 0.419. The van der Waals surface area contributed by atoms with Crippen LogP contribution in [0.15, 0.2) is 60.7 Å². The minimum atomic E-state index is -1.35. The Bertz CT molecular complexity index is 1410. The van der Waals surface area contributed by atoms with Crippen molar-refractivity contribution in [2.75, 3.05) is 12.0 Å². The summed E-state index contributed by atoms with van der Waals surface area (Å²) < 4.78 is 11.8. The van der Waals surface area contributed by atoms with Crippen molar-refractivity contribution in [3.8, 4) is 5.75 Å². The van der Waals surface area contributed by atoms with Crippen LogP contribution in [0.1, 0.15) is 50.5 Å². The van der Waals surface area contributed by atoms with Crippen LogP contribution in [0.3, 0.4) is 0 Å². The van der Waals surface area contributed by atoms with Gasteiger partial charge >= 0.3 is 0 Å². The average molecular weight is 546 g/mol. The third-order valence-electron chi connectivity index (χ3n) is 7.88. The standard InChI is InChI=1S/C31H35N3O6/c1-18(35)20-8-7-9-21(16-20)34-25(27(37)33-29(2,3)4)31-15-14-30(5,40-31)23(24(31)28(34)38)26(36)32-17-19-10-12-22(39-6)13-11-19/h7-16,23-25H,17H2,1-6H3,(H,32,36)(H,33,37). The van der Waals surface area contributed by atoms with Crippen molar-refractivity contribution < 1.29 is 28.7 Å². The van der Waals surface area contributed by atoms with Gasteiger partial charge in [0.15, 0.2) is 5.78 Å². The maximum atomic E-state index is 14.3. The molecular weight excluding hydrogens is 510 g/mol. The molecule has 2 aromatic rings. The van der Waals surface area contributed by atoms with Crippen LogP contribution in [0.5, 0.6) is 5.75 Å². The molecule has 3 aliphatic rings. The molecule has 2 saturated heterocycles. The van der Waals surface area contributed by atoms with Gasteiger partial charge in [-0.25, -0.2) is 0 Å². The van der Waals surface area contributed by atoms with Crippen molar-refractivity contribution in [3.05, 3.63) is 71.8 Å². The minimum Gasteiger partial charge on any atom is -0.497 e. The minimum absolute atomic E-state index is 0.164. The Kier molecular flexibility index (Phi) is 6.61. The number of ketones is 1. The number of ether oxygens (including phenoxy) is 2. The molecule has 5 atom stereocenters. The summed E-state index contributed by atoms with van der Waals surface area (Å²) in [4.78, 5) is 55.5. The summed E-state index contributed by atoms with van der Waals surface area (Å²) in [5, 5.41) is 5.97. The Morgan fingerprint density at radius 2 is 1.75 bits per heavy atom. The zero-order valence-corrected chi connectivity index (χ0v) is 23.6. The van der Waals surface area contributed by atoms with E-state index in [0.717, 1.165) is 5.56 Å². The van der Waals surface area contributed by atoms with Crippen LogP contribution in [0.2, 0.25) is 0 Å². The first-order valence-electron chi connectivity index (χ1n) is 13.4. The highest BCUT2D eigenvalue weighted by atomic mass is 16.5. The fourth-order valence-corrected chi connectivity index (χ4v) is 6.17. The third-order valence-corrected chi connectivity index (χ3v) is 7.88. The third kappa shape index (κ3) is 4.48. The Hall–Kier alpha value is -3.98. The van der Waals surface area contributed by atoms with E-state index in [2.05, 4.69) is 10.6 Å². The molecule has 5 rings (SSSR count). The lowest BCUT2D eigenvalue weighted by Gasteiger charge is -2.35. The van der Waals surface area contributed by atoms with Crippen LogP contribution in [-0.2, 0) is 25.7 Å². The largest absolute Gasteiger partial charge is 0.497 e. The summed E-state index contributed by atoms with van der Waals surface area (Å²) >= 11 is 0. The topological polar surface area (TPSA) is 114 Å². The van der Waals surface area contributed by atoms with Gasteiger partial charge in [0.25, 0.3) is 0 Å². The van der Waals surface area contributed by atoms with Gasteiger partial charge in [-0.15, -0.1) is 0 Å². The van der Waals surface area contributed by atoms with E-state index in [1.165, 1.54) is 11.8 Å². The number of carbonyl (C=O) groups is 4. The second-order valence-electron chi connectivity index (χ2n) is 12.0. The number of fused-ring (bicyclic) bond motifs is 1. The van der Waals surface area contributed by atoms with Crippen molar-refractivity contribution in [1.29, 1.82) is 0 Å². The molecule has 3 aliphatic heterocycles. The first-order chi connectivity index (χ1) is 18.8. The van der Waals surface area contributed by atoms with Gasteiger partial charge < -0.3 is 20.1 Å². The van der Waals surface area contributed by atoms with Gasteiger partial charge in [-0.2, -0.15) is 0 Å². The van der Waals surface area contributed by atoms with E-state index in [1.54, 1.807) is 50.5 Å². The van der Waals surface area contributed by atoms with Crippen molar-refractivity contribution in [3.63, 3.8) is 0 Å². The lowest BCUT2D eigenvalue weighted by molar-refractivity contribution is -0.134. The number of nitrogens with zero attached hydrogens (tertiary/aromatic N) is 1. The van der Waals surface area contributed by atoms with E-state index in [-0.39, 0.29) is 18.2 Å². The molecule has 40 heavy (non-hydrogen) atoms. The van der Waals surface area contributed by atoms with Gasteiger partial charge in [-0.3, -0.25) is 24.1 Å². The molecule has 0 aromatic heterocycles. The van der Waals surface area contributed by atoms with Gasteiger partial charge in [0.1, 0.15) is 17.4 Å². The van der Waals surface area contributed by atoms with Crippen LogP contribution in [0.4, 0.5) is 5.69 Å². The fourth-order valence-electron chi connectivity index (χ4n) is 6.17. The van der Waals surface area contributed by atoms with Crippen LogP contribution < -0.4 is 20.3 Å². The smallest absolute Gasteiger partial charge is 0.246 e. The number of nitrogens with one attached hydrogen (secondary N) is 2. The molecule has 9 heteroatoms. The van der Waals surface area contributed by atoms with E-state index < -0.39 is 46.4 Å². The van der Waals surface area contributed by atoms with Crippen molar-refractivity contribution in [1.82, 2.24) is 10.6 Å². The second-order valence-corrected chi connectivity index (χ2v) is 12.0. The highest BCUT2D eigenvalue weighted by molar-refractivity contribution is 6.11. The van der Waals surface area contributed by atoms with Gasteiger partial charge in [-0.1, -0.05) is 36.4 Å². The van der Waals surface area contributed by atoms with Gasteiger partial charge in [-0.05, 0) is 64.4 Å². The van der Waals surface area contributed by atoms with E-state index in [0.29, 0.717) is 17.0 Å². The lowest BCUT2D eigenvalue weighted by Crippen LogP contribution is -2.58. The molecule has 5 unspecified atom stereocenters. The molecule has 1 spiro atoms. The average Bonchev–Trinajstić information content (AvgIpc) is 3.47. The number of amides is 3. The van der Waals surface area contributed by atoms with Gasteiger partial charge in [0, 0.05) is 23.3 Å². The molecule has 0 saturated carbocycles. The van der Waals surface area contributed by atoms with E-state index in [4.69, 9.17) is 9.47 Å². The number of hydrogen-bond donors (Lipinski definition) is 2. The molecule has 9 nitrogen and oxygen atoms in total. The molecule has 2 bridgehead atoms. The molecule has 2 aromatic carbocycles. The van der Waals surface area contributed by atoms with Crippen LogP contribution >= 0.6 is 0 Å². The maximum Gasteiger partial charge on any atom is 0.246 e. The molecule has 210 valence electrons. The van der Waals surface area contributed by atoms with E-state index >= 15 is 0 Å². The molecule has 2 fully saturated rings. The molecule has 3 heterocycles. The number of hydrogen-bond acceptors (Lipinski definition) is 6. The zero-order chi connectivity index (χ0) is 29.0. The summed E-state index contributed by atoms with van der Waals surface area (Å²) in [5.74, 6) is -2.39. The Labute approximate surface area is 233 Å².